The van der Waals surface area contributed by atoms with Gasteiger partial charge in [0.25, 0.3) is 0 Å². The van der Waals surface area contributed by atoms with Crippen molar-refractivity contribution in [1.29, 1.82) is 0 Å². The first-order chi connectivity index (χ1) is 27.6. The molecule has 3 aromatic heterocycles. The minimum absolute atomic E-state index is 0.00140. The van der Waals surface area contributed by atoms with Gasteiger partial charge in [-0.25, -0.2) is 14.8 Å². The first-order valence-corrected chi connectivity index (χ1v) is 19.4. The number of esters is 4. The second kappa shape index (κ2) is 14.5. The Morgan fingerprint density at radius 3 is 2.05 bits per heavy atom. The Kier molecular flexibility index (Phi) is 10.2. The van der Waals surface area contributed by atoms with Gasteiger partial charge in [0, 0.05) is 45.9 Å². The van der Waals surface area contributed by atoms with E-state index in [2.05, 4.69) is 9.97 Å². The van der Waals surface area contributed by atoms with E-state index in [4.69, 9.17) is 28.9 Å². The number of aromatic amines is 2. The van der Waals surface area contributed by atoms with Crippen molar-refractivity contribution in [3.63, 3.8) is 0 Å². The predicted molar refractivity (Wildman–Crippen MR) is 213 cm³/mol. The second-order valence-electron chi connectivity index (χ2n) is 16.5. The summed E-state index contributed by atoms with van der Waals surface area (Å²) < 4.78 is 67.4. The Balaban J connectivity index is 1.47. The van der Waals surface area contributed by atoms with E-state index in [0.29, 0.717) is 34.3 Å². The Bertz CT molecular complexity index is 2560. The molecule has 0 aromatic carbocycles. The van der Waals surface area contributed by atoms with Crippen LogP contribution in [0.25, 0.3) is 44.4 Å². The van der Waals surface area contributed by atoms with Gasteiger partial charge in [-0.15, -0.1) is 0 Å². The summed E-state index contributed by atoms with van der Waals surface area (Å²) in [4.78, 5) is 68.2. The molecular formula is C44H47F3N4O8. The first-order valence-electron chi connectivity index (χ1n) is 19.4. The average Bonchev–Trinajstić information content (AvgIpc) is 3.93. The zero-order chi connectivity index (χ0) is 43.0. The predicted octanol–water partition coefficient (Wildman–Crippen LogP) is 8.45. The molecule has 59 heavy (non-hydrogen) atoms. The molecular weight excluding hydrogens is 769 g/mol. The van der Waals surface area contributed by atoms with Crippen molar-refractivity contribution >= 4 is 68.2 Å². The molecule has 3 atom stereocenters. The number of hydrogen-bond donors (Lipinski definition) is 2. The monoisotopic (exact) mass is 816 g/mol. The Morgan fingerprint density at radius 1 is 0.797 bits per heavy atom. The molecule has 10 bridgehead atoms. The van der Waals surface area contributed by atoms with Crippen LogP contribution in [0.1, 0.15) is 106 Å². The molecule has 2 fully saturated rings. The molecule has 0 amide bonds. The van der Waals surface area contributed by atoms with E-state index in [-0.39, 0.29) is 60.7 Å². The summed E-state index contributed by atoms with van der Waals surface area (Å²) in [5, 5.41) is 0. The molecule has 1 aliphatic carbocycles. The highest BCUT2D eigenvalue weighted by molar-refractivity contribution is 5.99. The molecule has 15 heteroatoms. The Labute approximate surface area is 338 Å². The first kappa shape index (κ1) is 41.4. The number of aromatic nitrogens is 4. The largest absolute Gasteiger partial charge is 0.469 e. The van der Waals surface area contributed by atoms with E-state index in [1.807, 2.05) is 26.0 Å². The number of allylic oxidation sites excluding steroid dienone is 3. The molecule has 4 aliphatic rings. The average molecular weight is 817 g/mol. The highest BCUT2D eigenvalue weighted by Crippen LogP contribution is 2.66. The van der Waals surface area contributed by atoms with Gasteiger partial charge in [-0.05, 0) is 124 Å². The number of rotatable bonds is 9. The van der Waals surface area contributed by atoms with E-state index in [1.54, 1.807) is 39.8 Å². The third kappa shape index (κ3) is 6.71. The lowest BCUT2D eigenvalue weighted by Crippen LogP contribution is -2.51. The van der Waals surface area contributed by atoms with E-state index in [9.17, 15) is 19.2 Å². The summed E-state index contributed by atoms with van der Waals surface area (Å²) in [6.07, 6.45) is -6.99. The minimum Gasteiger partial charge on any atom is -0.469 e. The third-order valence-corrected chi connectivity index (χ3v) is 13.2. The van der Waals surface area contributed by atoms with Crippen molar-refractivity contribution in [2.45, 2.75) is 105 Å². The van der Waals surface area contributed by atoms with Crippen LogP contribution in [0, 0.1) is 24.7 Å². The molecule has 0 radical (unpaired) electrons. The van der Waals surface area contributed by atoms with Gasteiger partial charge in [-0.3, -0.25) is 14.4 Å². The molecule has 1 saturated heterocycles. The molecule has 3 aliphatic heterocycles. The van der Waals surface area contributed by atoms with Crippen LogP contribution >= 0.6 is 0 Å². The van der Waals surface area contributed by atoms with Crippen LogP contribution in [0.5, 0.6) is 0 Å². The third-order valence-electron chi connectivity index (χ3n) is 13.2. The Morgan fingerprint density at radius 2 is 1.44 bits per heavy atom. The molecule has 7 rings (SSSR count). The number of methoxy groups -OCH3 is 2. The summed E-state index contributed by atoms with van der Waals surface area (Å²) in [7, 11) is 2.61. The maximum atomic E-state index is 15.5. The number of halogens is 3. The highest BCUT2D eigenvalue weighted by Gasteiger charge is 2.77. The lowest BCUT2D eigenvalue weighted by atomic mass is 9.66. The summed E-state index contributed by atoms with van der Waals surface area (Å²) in [6.45, 7) is 12.0. The van der Waals surface area contributed by atoms with Gasteiger partial charge in [-0.1, -0.05) is 13.8 Å². The number of carbonyl (C=O) groups is 4. The van der Waals surface area contributed by atoms with Crippen LogP contribution in [0.2, 0.25) is 0 Å². The van der Waals surface area contributed by atoms with Crippen molar-refractivity contribution in [3.05, 3.63) is 69.8 Å². The maximum absolute atomic E-state index is 15.5. The van der Waals surface area contributed by atoms with Crippen LogP contribution in [0.3, 0.4) is 0 Å². The smallest absolute Gasteiger partial charge is 0.429 e. The number of alkyl halides is 3. The summed E-state index contributed by atoms with van der Waals surface area (Å²) in [5.41, 5.74) is 2.85. The zero-order valence-electron chi connectivity index (χ0n) is 34.5. The number of ether oxygens (including phenoxy) is 4. The van der Waals surface area contributed by atoms with Gasteiger partial charge in [0.15, 0.2) is 0 Å². The quantitative estimate of drug-likeness (QED) is 0.158. The molecule has 12 nitrogen and oxygen atoms in total. The molecule has 0 unspecified atom stereocenters. The highest BCUT2D eigenvalue weighted by atomic mass is 19.4. The maximum Gasteiger partial charge on any atom is 0.429 e. The Hall–Kier alpha value is -5.73. The second-order valence-corrected chi connectivity index (χ2v) is 16.5. The van der Waals surface area contributed by atoms with Crippen LogP contribution in [0.15, 0.2) is 30.3 Å². The molecule has 2 N–H and O–H groups in total. The summed E-state index contributed by atoms with van der Waals surface area (Å²) in [5.74, 6) is -2.77. The van der Waals surface area contributed by atoms with Crippen molar-refractivity contribution in [2.75, 3.05) is 14.2 Å². The van der Waals surface area contributed by atoms with Crippen LogP contribution in [-0.4, -0.2) is 75.9 Å². The lowest BCUT2D eigenvalue weighted by Gasteiger charge is -2.36. The van der Waals surface area contributed by atoms with Gasteiger partial charge in [0.2, 0.25) is 11.7 Å². The molecule has 0 spiro atoms. The molecule has 3 aromatic rings. The minimum atomic E-state index is -5.12. The summed E-state index contributed by atoms with van der Waals surface area (Å²) in [6, 6.07) is 8.63. The number of fused-ring (bicyclic) bond motifs is 10. The fraction of sp³-hybridized carbons (Fsp3) is 0.455. The van der Waals surface area contributed by atoms with E-state index in [1.165, 1.54) is 27.2 Å². The van der Waals surface area contributed by atoms with Gasteiger partial charge in [0.05, 0.1) is 42.4 Å². The van der Waals surface area contributed by atoms with Gasteiger partial charge in [0.1, 0.15) is 0 Å². The van der Waals surface area contributed by atoms with Crippen molar-refractivity contribution in [2.24, 2.45) is 10.8 Å². The fourth-order valence-corrected chi connectivity index (χ4v) is 8.90. The number of nitrogens with one attached hydrogen (secondary N) is 2. The number of nitrogens with zero attached hydrogens (tertiary/aromatic N) is 2. The molecule has 6 heterocycles. The van der Waals surface area contributed by atoms with Crippen molar-refractivity contribution in [1.82, 2.24) is 19.9 Å². The van der Waals surface area contributed by atoms with Crippen molar-refractivity contribution in [3.8, 4) is 0 Å². The normalized spacial score (nSPS) is 21.5. The summed E-state index contributed by atoms with van der Waals surface area (Å²) >= 11 is 0. The molecule has 312 valence electrons. The topological polar surface area (TPSA) is 163 Å². The van der Waals surface area contributed by atoms with Gasteiger partial charge in [-0.2, -0.15) is 13.2 Å². The fourth-order valence-electron chi connectivity index (χ4n) is 8.90. The van der Waals surface area contributed by atoms with E-state index in [0.717, 1.165) is 27.7 Å². The standard InChI is InChI=1S/C44H47F3N4O8/c1-21-16-25-17-29-24(4)37(38(44(45,46)47)58-40(55)43-15-14-42(7,39(54)59-43)41(43,5)6)34(51-29)19-31-23(3)27(11-13-36(53)57-9)33(50-31)20-32-26(10-12-35(52)56-8)22(2)30(49-32)18-28(21)48-25/h16-20,38,48-49H,10-15H2,1-9H3/t38-,42+,43-/m1/s1. The van der Waals surface area contributed by atoms with E-state index >= 15 is 13.2 Å². The number of hydrogen-bond acceptors (Lipinski definition) is 10. The van der Waals surface area contributed by atoms with E-state index < -0.39 is 52.2 Å². The van der Waals surface area contributed by atoms with Gasteiger partial charge < -0.3 is 28.9 Å². The number of aryl methyl sites for hydroxylation is 3. The van der Waals surface area contributed by atoms with Crippen LogP contribution < -0.4 is 0 Å². The van der Waals surface area contributed by atoms with Crippen molar-refractivity contribution < 1.29 is 51.3 Å². The van der Waals surface area contributed by atoms with Crippen LogP contribution in [-0.2, 0) is 44.5 Å². The number of carbonyl (C=O) groups excluding carboxylic acids is 4. The number of H-pyrrole nitrogens is 2. The van der Waals surface area contributed by atoms with Crippen LogP contribution in [0.4, 0.5) is 13.2 Å². The molecule has 1 saturated carbocycles. The SMILES string of the molecule is COC(=O)CCC1=C(C)c2cc3nc(cc4cc(C)c(cc5[nH]c(cc1n2)c(CCC(=O)OC)c5C)[nH]4)C(C)=C3[C@@H](OC(=O)[C@@]12CC[C@@](C)(C(=O)O1)C2(C)C)C(F)(F)F. The van der Waals surface area contributed by atoms with Gasteiger partial charge >= 0.3 is 30.1 Å². The zero-order valence-corrected chi connectivity index (χ0v) is 34.5. The lowest BCUT2D eigenvalue weighted by molar-refractivity contribution is -0.220.